The molecular weight excluding hydrogens is 294 g/mol. The van der Waals surface area contributed by atoms with Gasteiger partial charge in [-0.05, 0) is 43.5 Å². The Morgan fingerprint density at radius 1 is 1.45 bits per heavy atom. The molecule has 1 aliphatic carbocycles. The minimum Gasteiger partial charge on any atom is -0.468 e. The van der Waals surface area contributed by atoms with Gasteiger partial charge >= 0.3 is 5.97 Å². The normalized spacial score (nSPS) is 17.6. The highest BCUT2D eigenvalue weighted by atomic mass is 35.5. The number of hydrogen-bond donors (Lipinski definition) is 1. The number of halogens is 1. The predicted molar refractivity (Wildman–Crippen MR) is 84.1 cm³/mol. The molecule has 1 fully saturated rings. The molecular formula is C15H20ClNO2S. The molecule has 1 saturated carbocycles. The molecule has 0 aromatic heterocycles. The Morgan fingerprint density at radius 3 is 2.60 bits per heavy atom. The van der Waals surface area contributed by atoms with E-state index in [4.69, 9.17) is 16.3 Å². The Labute approximate surface area is 129 Å². The Morgan fingerprint density at radius 2 is 2.10 bits per heavy atom. The van der Waals surface area contributed by atoms with Crippen LogP contribution in [0.15, 0.2) is 24.3 Å². The van der Waals surface area contributed by atoms with E-state index >= 15 is 0 Å². The molecule has 1 aromatic rings. The minimum atomic E-state index is -0.536. The summed E-state index contributed by atoms with van der Waals surface area (Å²) >= 11 is 7.62. The Kier molecular flexibility index (Phi) is 5.35. The van der Waals surface area contributed by atoms with Crippen LogP contribution in [-0.2, 0) is 15.3 Å². The molecule has 1 aromatic carbocycles. The van der Waals surface area contributed by atoms with Gasteiger partial charge < -0.3 is 10.1 Å². The van der Waals surface area contributed by atoms with Crippen LogP contribution in [0, 0.1) is 5.92 Å². The summed E-state index contributed by atoms with van der Waals surface area (Å²) in [4.78, 5) is 12.1. The van der Waals surface area contributed by atoms with Crippen LogP contribution in [0.5, 0.6) is 0 Å². The van der Waals surface area contributed by atoms with Crippen LogP contribution in [-0.4, -0.2) is 31.4 Å². The molecule has 1 N–H and O–H groups in total. The van der Waals surface area contributed by atoms with Crippen molar-refractivity contribution >= 4 is 29.3 Å². The highest BCUT2D eigenvalue weighted by molar-refractivity contribution is 7.98. The van der Waals surface area contributed by atoms with Gasteiger partial charge in [0.05, 0.1) is 7.11 Å². The van der Waals surface area contributed by atoms with Gasteiger partial charge in [-0.25, -0.2) is 0 Å². The highest BCUT2D eigenvalue weighted by Gasteiger charge is 2.50. The van der Waals surface area contributed by atoms with Gasteiger partial charge in [0.15, 0.2) is 0 Å². The smallest absolute Gasteiger partial charge is 0.327 e. The van der Waals surface area contributed by atoms with Crippen molar-refractivity contribution in [3.63, 3.8) is 0 Å². The van der Waals surface area contributed by atoms with Crippen molar-refractivity contribution in [3.8, 4) is 0 Å². The van der Waals surface area contributed by atoms with Gasteiger partial charge in [-0.2, -0.15) is 11.8 Å². The molecule has 2 rings (SSSR count). The lowest BCUT2D eigenvalue weighted by Crippen LogP contribution is -2.55. The van der Waals surface area contributed by atoms with E-state index in [0.29, 0.717) is 5.92 Å². The predicted octanol–water partition coefficient (Wildman–Crippen LogP) is 3.11. The fraction of sp³-hybridized carbons (Fsp3) is 0.533. The fourth-order valence-electron chi connectivity index (χ4n) is 2.39. The molecule has 0 saturated heterocycles. The number of carbonyl (C=O) groups is 1. The Hall–Kier alpha value is -0.710. The third-order valence-electron chi connectivity index (χ3n) is 3.78. The number of ether oxygens (including phenoxy) is 1. The molecule has 20 heavy (non-hydrogen) atoms. The van der Waals surface area contributed by atoms with Crippen LogP contribution in [0.1, 0.15) is 18.4 Å². The Bertz CT molecular complexity index is 461. The van der Waals surface area contributed by atoms with Crippen LogP contribution < -0.4 is 5.32 Å². The summed E-state index contributed by atoms with van der Waals surface area (Å²) < 4.78 is 4.99. The van der Waals surface area contributed by atoms with Crippen LogP contribution >= 0.6 is 23.4 Å². The molecule has 1 aliphatic rings. The second-order valence-electron chi connectivity index (χ2n) is 5.11. The Balaban J connectivity index is 1.95. The van der Waals surface area contributed by atoms with Gasteiger partial charge in [0, 0.05) is 16.5 Å². The molecule has 0 spiro atoms. The molecule has 0 radical (unpaired) electrons. The lowest BCUT2D eigenvalue weighted by Gasteiger charge is -2.30. The van der Waals surface area contributed by atoms with Crippen LogP contribution in [0.4, 0.5) is 0 Å². The number of esters is 1. The monoisotopic (exact) mass is 313 g/mol. The quantitative estimate of drug-likeness (QED) is 0.785. The summed E-state index contributed by atoms with van der Waals surface area (Å²) in [6.07, 6.45) is 2.19. The molecule has 0 heterocycles. The highest BCUT2D eigenvalue weighted by Crippen LogP contribution is 2.42. The second-order valence-corrected chi connectivity index (χ2v) is 6.53. The maximum Gasteiger partial charge on any atom is 0.327 e. The molecule has 1 atom stereocenters. The first kappa shape index (κ1) is 15.7. The molecule has 5 heteroatoms. The van der Waals surface area contributed by atoms with Gasteiger partial charge in [0.2, 0.25) is 0 Å². The largest absolute Gasteiger partial charge is 0.468 e. The number of benzene rings is 1. The molecule has 0 amide bonds. The third kappa shape index (κ3) is 3.48. The fourth-order valence-corrected chi connectivity index (χ4v) is 3.87. The van der Waals surface area contributed by atoms with Gasteiger partial charge in [-0.1, -0.05) is 23.7 Å². The summed E-state index contributed by atoms with van der Waals surface area (Å²) in [5.41, 5.74) is 0.677. The van der Waals surface area contributed by atoms with E-state index in [0.717, 1.165) is 29.4 Å². The van der Waals surface area contributed by atoms with Gasteiger partial charge in [-0.3, -0.25) is 4.79 Å². The third-order valence-corrected chi connectivity index (χ3v) is 5.23. The lowest BCUT2D eigenvalue weighted by atomic mass is 9.96. The molecule has 110 valence electrons. The van der Waals surface area contributed by atoms with Crippen molar-refractivity contribution < 1.29 is 9.53 Å². The zero-order chi connectivity index (χ0) is 14.6. The average molecular weight is 314 g/mol. The SMILES string of the molecule is CNC(CSCc1ccc(Cl)cc1)(C(=O)OC)C1CC1. The van der Waals surface area contributed by atoms with E-state index in [9.17, 15) is 4.79 Å². The number of likely N-dealkylation sites (N-methyl/N-ethyl adjacent to an activating group) is 1. The molecule has 1 unspecified atom stereocenters. The summed E-state index contributed by atoms with van der Waals surface area (Å²) in [6.45, 7) is 0. The topological polar surface area (TPSA) is 38.3 Å². The summed E-state index contributed by atoms with van der Waals surface area (Å²) in [7, 11) is 3.30. The maximum atomic E-state index is 12.1. The van der Waals surface area contributed by atoms with Crippen molar-refractivity contribution in [1.29, 1.82) is 0 Å². The van der Waals surface area contributed by atoms with Crippen molar-refractivity contribution in [2.45, 2.75) is 24.1 Å². The van der Waals surface area contributed by atoms with E-state index < -0.39 is 5.54 Å². The van der Waals surface area contributed by atoms with E-state index in [2.05, 4.69) is 5.32 Å². The number of nitrogens with one attached hydrogen (secondary N) is 1. The molecule has 0 bridgehead atoms. The van der Waals surface area contributed by atoms with E-state index in [1.54, 1.807) is 11.8 Å². The van der Waals surface area contributed by atoms with Crippen molar-refractivity contribution in [3.05, 3.63) is 34.9 Å². The summed E-state index contributed by atoms with van der Waals surface area (Å²) in [5, 5.41) is 3.95. The lowest BCUT2D eigenvalue weighted by molar-refractivity contribution is -0.148. The van der Waals surface area contributed by atoms with Crippen molar-refractivity contribution in [2.24, 2.45) is 5.92 Å². The van der Waals surface area contributed by atoms with Gasteiger partial charge in [0.25, 0.3) is 0 Å². The van der Waals surface area contributed by atoms with Crippen molar-refractivity contribution in [2.75, 3.05) is 19.9 Å². The van der Waals surface area contributed by atoms with Crippen LogP contribution in [0.2, 0.25) is 5.02 Å². The summed E-state index contributed by atoms with van der Waals surface area (Å²) in [5.74, 6) is 1.84. The maximum absolute atomic E-state index is 12.1. The number of rotatable bonds is 7. The van der Waals surface area contributed by atoms with Gasteiger partial charge in [-0.15, -0.1) is 0 Å². The first-order valence-corrected chi connectivity index (χ1v) is 8.25. The number of carbonyl (C=O) groups excluding carboxylic acids is 1. The first-order valence-electron chi connectivity index (χ1n) is 6.72. The average Bonchev–Trinajstić information content (AvgIpc) is 3.30. The number of thioether (sulfide) groups is 1. The second kappa shape index (κ2) is 6.83. The van der Waals surface area contributed by atoms with E-state index in [1.165, 1.54) is 12.7 Å². The molecule has 0 aliphatic heterocycles. The van der Waals surface area contributed by atoms with E-state index in [1.807, 2.05) is 31.3 Å². The standard InChI is InChI=1S/C15H20ClNO2S/c1-17-15(12-5-6-12,14(18)19-2)10-20-9-11-3-7-13(16)8-4-11/h3-4,7-8,12,17H,5-6,9-10H2,1-2H3. The zero-order valence-electron chi connectivity index (χ0n) is 11.8. The summed E-state index contributed by atoms with van der Waals surface area (Å²) in [6, 6.07) is 7.82. The van der Waals surface area contributed by atoms with Gasteiger partial charge in [0.1, 0.15) is 5.54 Å². The molecule has 3 nitrogen and oxygen atoms in total. The first-order chi connectivity index (χ1) is 9.62. The van der Waals surface area contributed by atoms with Crippen molar-refractivity contribution in [1.82, 2.24) is 5.32 Å². The zero-order valence-corrected chi connectivity index (χ0v) is 13.4. The minimum absolute atomic E-state index is 0.147. The van der Waals surface area contributed by atoms with E-state index in [-0.39, 0.29) is 5.97 Å². The van der Waals surface area contributed by atoms with Crippen LogP contribution in [0.3, 0.4) is 0 Å². The number of methoxy groups -OCH3 is 1. The van der Waals surface area contributed by atoms with Crippen LogP contribution in [0.25, 0.3) is 0 Å². The number of hydrogen-bond acceptors (Lipinski definition) is 4.